The molecule has 0 amide bonds. The van der Waals surface area contributed by atoms with Crippen LogP contribution >= 0.6 is 0 Å². The minimum atomic E-state index is -0.844. The van der Waals surface area contributed by atoms with Crippen molar-refractivity contribution in [3.05, 3.63) is 0 Å². The Morgan fingerprint density at radius 2 is 1.94 bits per heavy atom. The number of hydrogen-bond acceptors (Lipinski definition) is 3. The van der Waals surface area contributed by atoms with Crippen molar-refractivity contribution in [1.82, 2.24) is 4.90 Å². The Kier molecular flexibility index (Phi) is 6.65. The van der Waals surface area contributed by atoms with Crippen LogP contribution in [0, 0.1) is 5.92 Å². The number of carboxylic acid groups (broad SMARTS) is 1. The molecule has 0 aromatic rings. The first-order valence-corrected chi connectivity index (χ1v) is 7.13. The van der Waals surface area contributed by atoms with Crippen molar-refractivity contribution in [3.8, 4) is 0 Å². The summed E-state index contributed by atoms with van der Waals surface area (Å²) in [6.45, 7) is 8.14. The molecule has 0 heterocycles. The molecule has 1 aliphatic carbocycles. The highest BCUT2D eigenvalue weighted by atomic mass is 16.5. The van der Waals surface area contributed by atoms with Gasteiger partial charge in [0.15, 0.2) is 6.10 Å². The molecule has 106 valence electrons. The zero-order valence-electron chi connectivity index (χ0n) is 11.9. The van der Waals surface area contributed by atoms with Crippen LogP contribution in [0.5, 0.6) is 0 Å². The summed E-state index contributed by atoms with van der Waals surface area (Å²) in [6.07, 6.45) is 4.25. The van der Waals surface area contributed by atoms with Crippen molar-refractivity contribution in [2.45, 2.75) is 58.6 Å². The van der Waals surface area contributed by atoms with Gasteiger partial charge >= 0.3 is 5.97 Å². The molecular formula is C14H27NO3. The van der Waals surface area contributed by atoms with Gasteiger partial charge in [0.25, 0.3) is 0 Å². The fourth-order valence-electron chi connectivity index (χ4n) is 2.73. The lowest BCUT2D eigenvalue weighted by Gasteiger charge is -2.32. The zero-order chi connectivity index (χ0) is 13.5. The van der Waals surface area contributed by atoms with Gasteiger partial charge in [-0.25, -0.2) is 4.79 Å². The van der Waals surface area contributed by atoms with Gasteiger partial charge in [-0.05, 0) is 25.7 Å². The topological polar surface area (TPSA) is 49.8 Å². The predicted octanol–water partition coefficient (Wildman–Crippen LogP) is 2.38. The molecule has 1 fully saturated rings. The van der Waals surface area contributed by atoms with Crippen LogP contribution in [0.3, 0.4) is 0 Å². The maximum atomic E-state index is 11.2. The fraction of sp³-hybridized carbons (Fsp3) is 0.929. The van der Waals surface area contributed by atoms with Crippen LogP contribution < -0.4 is 0 Å². The molecule has 1 rings (SSSR count). The fourth-order valence-corrected chi connectivity index (χ4v) is 2.73. The molecule has 0 aromatic heterocycles. The second-order valence-corrected chi connectivity index (χ2v) is 5.57. The van der Waals surface area contributed by atoms with E-state index in [9.17, 15) is 9.90 Å². The molecule has 1 saturated carbocycles. The van der Waals surface area contributed by atoms with Gasteiger partial charge in [0.05, 0.1) is 0 Å². The zero-order valence-corrected chi connectivity index (χ0v) is 11.9. The molecule has 4 nitrogen and oxygen atoms in total. The molecule has 0 spiro atoms. The first-order valence-electron chi connectivity index (χ1n) is 7.13. The summed E-state index contributed by atoms with van der Waals surface area (Å²) < 4.78 is 5.33. The van der Waals surface area contributed by atoms with Crippen LogP contribution in [0.1, 0.15) is 46.5 Å². The summed E-state index contributed by atoms with van der Waals surface area (Å²) in [7, 11) is 0. The SMILES string of the molecule is CCOC(CN(CC(C)C)C1CCCC1)C(=O)O. The first kappa shape index (κ1) is 15.4. The van der Waals surface area contributed by atoms with Crippen molar-refractivity contribution in [1.29, 1.82) is 0 Å². The van der Waals surface area contributed by atoms with Crippen molar-refractivity contribution in [3.63, 3.8) is 0 Å². The van der Waals surface area contributed by atoms with E-state index in [2.05, 4.69) is 18.7 Å². The van der Waals surface area contributed by atoms with Gasteiger partial charge in [-0.1, -0.05) is 26.7 Å². The summed E-state index contributed by atoms with van der Waals surface area (Å²) >= 11 is 0. The second kappa shape index (κ2) is 7.74. The summed E-state index contributed by atoms with van der Waals surface area (Å²) in [5.74, 6) is -0.287. The Bertz CT molecular complexity index is 249. The molecule has 4 heteroatoms. The largest absolute Gasteiger partial charge is 0.479 e. The van der Waals surface area contributed by atoms with Gasteiger partial charge in [-0.3, -0.25) is 4.90 Å². The summed E-state index contributed by atoms with van der Waals surface area (Å²) in [5, 5.41) is 9.18. The van der Waals surface area contributed by atoms with Crippen molar-refractivity contribution in [2.24, 2.45) is 5.92 Å². The maximum absolute atomic E-state index is 11.2. The van der Waals surface area contributed by atoms with Gasteiger partial charge in [-0.15, -0.1) is 0 Å². The molecule has 0 aliphatic heterocycles. The Hall–Kier alpha value is -0.610. The van der Waals surface area contributed by atoms with Gasteiger partial charge in [0.2, 0.25) is 0 Å². The molecule has 0 saturated heterocycles. The van der Waals surface area contributed by atoms with E-state index in [1.165, 1.54) is 25.7 Å². The first-order chi connectivity index (χ1) is 8.54. The van der Waals surface area contributed by atoms with Gasteiger partial charge < -0.3 is 9.84 Å². The van der Waals surface area contributed by atoms with E-state index < -0.39 is 12.1 Å². The van der Waals surface area contributed by atoms with E-state index in [1.54, 1.807) is 0 Å². The Labute approximate surface area is 110 Å². The number of nitrogens with zero attached hydrogens (tertiary/aromatic N) is 1. The van der Waals surface area contributed by atoms with Crippen molar-refractivity contribution >= 4 is 5.97 Å². The van der Waals surface area contributed by atoms with Crippen LogP contribution in [0.2, 0.25) is 0 Å². The predicted molar refractivity (Wildman–Crippen MR) is 71.7 cm³/mol. The van der Waals surface area contributed by atoms with Gasteiger partial charge in [-0.2, -0.15) is 0 Å². The molecule has 1 aliphatic rings. The second-order valence-electron chi connectivity index (χ2n) is 5.57. The van der Waals surface area contributed by atoms with Crippen LogP contribution in [-0.2, 0) is 9.53 Å². The number of aliphatic carboxylic acids is 1. The van der Waals surface area contributed by atoms with Crippen LogP contribution in [-0.4, -0.2) is 47.8 Å². The number of carbonyl (C=O) groups is 1. The van der Waals surface area contributed by atoms with Crippen molar-refractivity contribution < 1.29 is 14.6 Å². The molecule has 0 aromatic carbocycles. The third-order valence-electron chi connectivity index (χ3n) is 3.48. The third kappa shape index (κ3) is 4.94. The summed E-state index contributed by atoms with van der Waals surface area (Å²) in [5.41, 5.74) is 0. The standard InChI is InChI=1S/C14H27NO3/c1-4-18-13(14(16)17)10-15(9-11(2)3)12-7-5-6-8-12/h11-13H,4-10H2,1-3H3,(H,16,17). The number of hydrogen-bond donors (Lipinski definition) is 1. The third-order valence-corrected chi connectivity index (χ3v) is 3.48. The highest BCUT2D eigenvalue weighted by Crippen LogP contribution is 2.24. The molecule has 1 unspecified atom stereocenters. The number of rotatable bonds is 8. The summed E-state index contributed by atoms with van der Waals surface area (Å²) in [4.78, 5) is 13.5. The Morgan fingerprint density at radius 3 is 2.39 bits per heavy atom. The normalized spacial score (nSPS) is 18.7. The monoisotopic (exact) mass is 257 g/mol. The van der Waals surface area contributed by atoms with Crippen LogP contribution in [0.15, 0.2) is 0 Å². The molecule has 0 radical (unpaired) electrons. The smallest absolute Gasteiger partial charge is 0.334 e. The molecule has 1 atom stereocenters. The molecule has 18 heavy (non-hydrogen) atoms. The highest BCUT2D eigenvalue weighted by molar-refractivity contribution is 5.72. The van der Waals surface area contributed by atoms with E-state index in [1.807, 2.05) is 6.92 Å². The van der Waals surface area contributed by atoms with Gasteiger partial charge in [0.1, 0.15) is 0 Å². The number of carboxylic acids is 1. The van der Waals surface area contributed by atoms with E-state index >= 15 is 0 Å². The molecule has 0 bridgehead atoms. The lowest BCUT2D eigenvalue weighted by Crippen LogP contribution is -2.44. The number of ether oxygens (including phenoxy) is 1. The highest BCUT2D eigenvalue weighted by Gasteiger charge is 2.28. The Morgan fingerprint density at radius 1 is 1.33 bits per heavy atom. The van der Waals surface area contributed by atoms with Crippen LogP contribution in [0.4, 0.5) is 0 Å². The van der Waals surface area contributed by atoms with Crippen LogP contribution in [0.25, 0.3) is 0 Å². The quantitative estimate of drug-likeness (QED) is 0.725. The maximum Gasteiger partial charge on any atom is 0.334 e. The minimum absolute atomic E-state index is 0.456. The lowest BCUT2D eigenvalue weighted by atomic mass is 10.1. The van der Waals surface area contributed by atoms with E-state index in [-0.39, 0.29) is 0 Å². The minimum Gasteiger partial charge on any atom is -0.479 e. The average molecular weight is 257 g/mol. The van der Waals surface area contributed by atoms with E-state index in [4.69, 9.17) is 4.74 Å². The molecular weight excluding hydrogens is 230 g/mol. The lowest BCUT2D eigenvalue weighted by molar-refractivity contribution is -0.151. The Balaban J connectivity index is 2.60. The van der Waals surface area contributed by atoms with E-state index in [0.717, 1.165) is 6.54 Å². The molecule has 1 N–H and O–H groups in total. The average Bonchev–Trinajstić information content (AvgIpc) is 2.79. The van der Waals surface area contributed by atoms with E-state index in [0.29, 0.717) is 25.1 Å². The summed E-state index contributed by atoms with van der Waals surface area (Å²) in [6, 6.07) is 0.551. The van der Waals surface area contributed by atoms with Gasteiger partial charge in [0, 0.05) is 25.7 Å². The van der Waals surface area contributed by atoms with Crippen molar-refractivity contribution in [2.75, 3.05) is 19.7 Å².